The number of aliphatic hydroxyl groups excluding tert-OH is 3. The van der Waals surface area contributed by atoms with E-state index in [9.17, 15) is 55.1 Å². The highest BCUT2D eigenvalue weighted by Crippen LogP contribution is 2.32. The first-order chi connectivity index (χ1) is 43.6. The summed E-state index contributed by atoms with van der Waals surface area (Å²) in [5.74, 6) is -1.79. The van der Waals surface area contributed by atoms with Gasteiger partial charge in [-0.05, 0) is 97.9 Å². The van der Waals surface area contributed by atoms with Gasteiger partial charge in [-0.1, -0.05) is 150 Å². The van der Waals surface area contributed by atoms with E-state index < -0.39 is 55.1 Å². The van der Waals surface area contributed by atoms with Gasteiger partial charge in [0.2, 0.25) is 24.0 Å². The van der Waals surface area contributed by atoms with Gasteiger partial charge in [0, 0.05) is 67.1 Å². The van der Waals surface area contributed by atoms with E-state index in [1.165, 1.54) is 4.90 Å². The molecule has 3 amide bonds. The number of aliphatic carboxylic acids is 1. The Balaban J connectivity index is 0.00000118. The first-order valence-corrected chi connectivity index (χ1v) is 29.9. The zero-order valence-electron chi connectivity index (χ0n) is 53.2. The monoisotopic (exact) mass is 1330 g/mol. The number of alkyl halides is 6. The summed E-state index contributed by atoms with van der Waals surface area (Å²) < 4.78 is 73.9. The van der Waals surface area contributed by atoms with Crippen molar-refractivity contribution >= 4 is 91.4 Å². The van der Waals surface area contributed by atoms with Crippen molar-refractivity contribution in [2.75, 3.05) is 44.2 Å². The number of benzene rings is 6. The van der Waals surface area contributed by atoms with Crippen LogP contribution in [0.2, 0.25) is 0 Å². The summed E-state index contributed by atoms with van der Waals surface area (Å²) in [6.07, 6.45) is -3.76. The molecule has 7 atom stereocenters. The fourth-order valence-electron chi connectivity index (χ4n) is 8.96. The van der Waals surface area contributed by atoms with Crippen LogP contribution in [0.25, 0.3) is 37.2 Å². The van der Waals surface area contributed by atoms with Gasteiger partial charge in [0.05, 0.1) is 31.2 Å². The van der Waals surface area contributed by atoms with Crippen molar-refractivity contribution in [3.05, 3.63) is 139 Å². The Hall–Kier alpha value is -8.22. The van der Waals surface area contributed by atoms with E-state index in [1.54, 1.807) is 21.0 Å². The number of carboxylic acids is 1. The van der Waals surface area contributed by atoms with Crippen LogP contribution in [0.3, 0.4) is 0 Å². The van der Waals surface area contributed by atoms with Crippen LogP contribution in [0, 0.1) is 30.2 Å². The molecule has 2 aliphatic rings. The first-order valence-electron chi connectivity index (χ1n) is 29.9. The molecular weight excluding hydrogens is 1230 g/mol. The maximum atomic E-state index is 13.0. The quantitative estimate of drug-likeness (QED) is 0.0212. The van der Waals surface area contributed by atoms with E-state index >= 15 is 0 Å². The number of methoxy groups -OCH3 is 1. The van der Waals surface area contributed by atoms with Crippen molar-refractivity contribution < 1.29 is 89.8 Å². The molecule has 3 unspecified atom stereocenters. The third-order valence-corrected chi connectivity index (χ3v) is 14.3. The van der Waals surface area contributed by atoms with E-state index in [1.807, 2.05) is 134 Å². The number of ketones is 1. The molecule has 2 heterocycles. The Morgan fingerprint density at radius 1 is 0.702 bits per heavy atom. The summed E-state index contributed by atoms with van der Waals surface area (Å²) in [5, 5.41) is 45.0. The highest BCUT2D eigenvalue weighted by Gasteiger charge is 2.44. The molecule has 2 aliphatic heterocycles. The Kier molecular flexibility index (Phi) is 41.2. The molecular formula is C69H92F6N6O13. The number of carbonyl (C=O) groups is 7. The third kappa shape index (κ3) is 31.6. The fraction of sp³-hybridized carbons (Fsp3) is 0.449. The first kappa shape index (κ1) is 85.8. The smallest absolute Gasteiger partial charge is 0.446 e. The predicted octanol–water partition coefficient (Wildman–Crippen LogP) is 13.2. The number of nitrogens with two attached hydrogens (primary N) is 1. The number of amides is 3. The van der Waals surface area contributed by atoms with Gasteiger partial charge in [-0.3, -0.25) is 28.8 Å². The number of carbonyl (C=O) groups excluding carboxylic acids is 6. The molecule has 2 saturated heterocycles. The van der Waals surface area contributed by atoms with E-state index in [0.717, 1.165) is 68.5 Å². The average Bonchev–Trinajstić information content (AvgIpc) is 1.58. The van der Waals surface area contributed by atoms with Gasteiger partial charge in [-0.25, -0.2) is 4.85 Å². The third-order valence-electron chi connectivity index (χ3n) is 14.3. The second-order valence-corrected chi connectivity index (χ2v) is 21.9. The molecule has 11 N–H and O–H groups in total. The molecule has 0 bridgehead atoms. The molecule has 0 aromatic heterocycles. The molecule has 0 spiro atoms. The van der Waals surface area contributed by atoms with Crippen LogP contribution >= 0.6 is 0 Å². The standard InChI is InChI=1S/C23H31NO4.C19H21N3O3.C11H7N.C6H12O.C5H10O3.C2H3F3O.C2HF3O.CH4.H3N/c1-16(13-14-25)22(26)15-19(12-11-17(2)28-3)23(27)24-21-10-6-8-18-7-4-5-9-20(18)21;20-14-10-11-25-17-9-8-16(22(17)19(14)24)18(23)21-15-7-3-5-12-4-1-2-6-13(12)15;1-12-11-8-4-6-9-5-2-3-7-10(9)11;1-6(2)4-3-5-7;1-4(2-3-6)5(7)8;2*3-2(4,5)1-6;;/h4-10,16-17,19,25H,11-15H2,1-3H3,(H,24,27);1-7,14,16-17H,8-11,20H2,(H,21,23);2-8H;5-6H,3-4H2,1-2H3;4,6H,2-3H2,1H3,(H,7,8);6H,1H2;1H;1H4;1H3/t16-,17?,19?;14-,16?,17-;;;4-;;;;/m00..0..../s1. The summed E-state index contributed by atoms with van der Waals surface area (Å²) in [6, 6.07) is 39.9. The zero-order chi connectivity index (χ0) is 69.0. The van der Waals surface area contributed by atoms with Crippen molar-refractivity contribution in [2.24, 2.45) is 29.4 Å². The number of hydrogen-bond donors (Lipinski definition) is 8. The van der Waals surface area contributed by atoms with Gasteiger partial charge in [-0.2, -0.15) is 26.3 Å². The maximum Gasteiger partial charge on any atom is 0.446 e. The highest BCUT2D eigenvalue weighted by atomic mass is 19.4. The van der Waals surface area contributed by atoms with Crippen molar-refractivity contribution in [3.8, 4) is 0 Å². The number of fused-ring (bicyclic) bond motifs is 4. The molecule has 6 aromatic rings. The van der Waals surface area contributed by atoms with E-state index in [0.29, 0.717) is 57.5 Å². The maximum absolute atomic E-state index is 13.0. The lowest BCUT2D eigenvalue weighted by Gasteiger charge is -2.28. The lowest BCUT2D eigenvalue weighted by atomic mass is 9.89. The van der Waals surface area contributed by atoms with Crippen LogP contribution in [-0.4, -0.2) is 138 Å². The van der Waals surface area contributed by atoms with Crippen molar-refractivity contribution in [1.82, 2.24) is 11.1 Å². The molecule has 518 valence electrons. The topological polar surface area (TPSA) is 312 Å². The van der Waals surface area contributed by atoms with E-state index in [-0.39, 0.29) is 75.0 Å². The molecule has 19 nitrogen and oxygen atoms in total. The predicted molar refractivity (Wildman–Crippen MR) is 353 cm³/mol. The number of halogens is 6. The number of nitrogens with one attached hydrogen (secondary N) is 2. The van der Waals surface area contributed by atoms with Crippen LogP contribution in [0.15, 0.2) is 127 Å². The minimum Gasteiger partial charge on any atom is -0.481 e. The molecule has 0 aliphatic carbocycles. The zero-order valence-corrected chi connectivity index (χ0v) is 53.2. The molecule has 0 saturated carbocycles. The van der Waals surface area contributed by atoms with Crippen LogP contribution in [0.5, 0.6) is 0 Å². The van der Waals surface area contributed by atoms with Gasteiger partial charge in [-0.15, -0.1) is 0 Å². The molecule has 0 radical (unpaired) electrons. The SMILES string of the molecule is C.CC(C)CCC=O.COC(C)CCC(CC(=O)[C@@H](C)CCO)C(=O)Nc1cccc2ccccc12.C[C@@H](CCO)C(=O)O.N.N[C@H]1CCO[C@H]2CCC(C(=O)Nc3cccc4ccccc34)N2C1=O.O=CC(F)(F)F.OCC(F)(F)F.[C-]#[N+]c1cccc2ccccc12. The number of aldehydes is 2. The molecule has 6 aromatic carbocycles. The average molecular weight is 1330 g/mol. The molecule has 2 fully saturated rings. The van der Waals surface area contributed by atoms with E-state index in [4.69, 9.17) is 47.0 Å². The van der Waals surface area contributed by atoms with Gasteiger partial charge in [0.25, 0.3) is 0 Å². The van der Waals surface area contributed by atoms with Crippen LogP contribution in [-0.2, 0) is 43.0 Å². The number of ether oxygens (including phenoxy) is 2. The Bertz CT molecular complexity index is 3280. The molecule has 94 heavy (non-hydrogen) atoms. The van der Waals surface area contributed by atoms with Crippen LogP contribution < -0.4 is 22.5 Å². The fourth-order valence-corrected chi connectivity index (χ4v) is 8.96. The summed E-state index contributed by atoms with van der Waals surface area (Å²) in [7, 11) is 1.64. The van der Waals surface area contributed by atoms with E-state index in [2.05, 4.69) is 29.3 Å². The number of carboxylic acid groups (broad SMARTS) is 1. The summed E-state index contributed by atoms with van der Waals surface area (Å²) in [6.45, 7) is 15.1. The van der Waals surface area contributed by atoms with Crippen LogP contribution in [0.4, 0.5) is 43.4 Å². The number of aliphatic hydroxyl groups is 3. The van der Waals surface area contributed by atoms with Crippen molar-refractivity contribution in [1.29, 1.82) is 0 Å². The second kappa shape index (κ2) is 45.2. The lowest BCUT2D eigenvalue weighted by molar-refractivity contribution is -0.159. The molecule has 25 heteroatoms. The van der Waals surface area contributed by atoms with Gasteiger partial charge in [0.1, 0.15) is 30.9 Å². The molecule has 8 rings (SSSR count). The number of rotatable bonds is 19. The number of hydrogen-bond acceptors (Lipinski definition) is 14. The number of Topliss-reactive ketones (excluding diaryl/α,β-unsaturated/α-hetero) is 1. The summed E-state index contributed by atoms with van der Waals surface area (Å²) in [4.78, 5) is 84.3. The Morgan fingerprint density at radius 2 is 1.17 bits per heavy atom. The lowest BCUT2D eigenvalue weighted by Crippen LogP contribution is -2.51. The van der Waals surface area contributed by atoms with Crippen molar-refractivity contribution in [2.45, 2.75) is 143 Å². The van der Waals surface area contributed by atoms with Gasteiger partial charge < -0.3 is 62.1 Å². The summed E-state index contributed by atoms with van der Waals surface area (Å²) >= 11 is 0. The minimum atomic E-state index is -4.64. The largest absolute Gasteiger partial charge is 0.481 e. The highest BCUT2D eigenvalue weighted by molar-refractivity contribution is 6.06. The number of nitrogens with zero attached hydrogens (tertiary/aromatic N) is 2. The van der Waals surface area contributed by atoms with Crippen molar-refractivity contribution in [3.63, 3.8) is 0 Å². The second-order valence-electron chi connectivity index (χ2n) is 21.9. The Labute approximate surface area is 545 Å². The van der Waals surface area contributed by atoms with Crippen LogP contribution in [0.1, 0.15) is 106 Å². The normalized spacial score (nSPS) is 15.9. The van der Waals surface area contributed by atoms with Gasteiger partial charge in [0.15, 0.2) is 5.69 Å². The van der Waals surface area contributed by atoms with Gasteiger partial charge >= 0.3 is 18.3 Å². The minimum absolute atomic E-state index is 0. The Morgan fingerprint density at radius 3 is 1.61 bits per heavy atom. The number of anilines is 2. The summed E-state index contributed by atoms with van der Waals surface area (Å²) in [5.41, 5.74) is 8.15.